The molecule has 8 nitrogen and oxygen atoms in total. The van der Waals surface area contributed by atoms with Gasteiger partial charge < -0.3 is 19.9 Å². The van der Waals surface area contributed by atoms with Crippen LogP contribution >= 0.6 is 0 Å². The van der Waals surface area contributed by atoms with Gasteiger partial charge in [-0.2, -0.15) is 4.98 Å². The SMILES string of the molecule is COc1ccc(Nc2nc(N3CCN(c4ccccn4)CC3)nc3c2C(=O)CCC3)cc1. The van der Waals surface area contributed by atoms with Gasteiger partial charge >= 0.3 is 0 Å². The van der Waals surface area contributed by atoms with Crippen LogP contribution in [0.4, 0.5) is 23.3 Å². The highest BCUT2D eigenvalue weighted by Crippen LogP contribution is 2.30. The molecule has 32 heavy (non-hydrogen) atoms. The molecule has 1 aliphatic heterocycles. The Morgan fingerprint density at radius 2 is 1.72 bits per heavy atom. The summed E-state index contributed by atoms with van der Waals surface area (Å²) in [5, 5.41) is 3.35. The van der Waals surface area contributed by atoms with Gasteiger partial charge in [0, 0.05) is 44.5 Å². The second-order valence-corrected chi connectivity index (χ2v) is 7.99. The second-order valence-electron chi connectivity index (χ2n) is 7.99. The average Bonchev–Trinajstić information content (AvgIpc) is 2.85. The number of ether oxygens (including phenoxy) is 1. The molecule has 0 radical (unpaired) electrons. The van der Waals surface area contributed by atoms with Crippen molar-refractivity contribution in [1.82, 2.24) is 15.0 Å². The number of benzene rings is 1. The van der Waals surface area contributed by atoms with E-state index in [0.717, 1.165) is 62.0 Å². The lowest BCUT2D eigenvalue weighted by Gasteiger charge is -2.36. The summed E-state index contributed by atoms with van der Waals surface area (Å²) in [4.78, 5) is 31.3. The molecule has 164 valence electrons. The minimum absolute atomic E-state index is 0.105. The number of aryl methyl sites for hydroxylation is 1. The zero-order valence-electron chi connectivity index (χ0n) is 18.1. The van der Waals surface area contributed by atoms with E-state index in [0.29, 0.717) is 23.8 Å². The zero-order valence-corrected chi connectivity index (χ0v) is 18.1. The molecule has 1 aliphatic carbocycles. The number of Topliss-reactive ketones (excluding diaryl/α,β-unsaturated/α-hetero) is 1. The smallest absolute Gasteiger partial charge is 0.227 e. The van der Waals surface area contributed by atoms with Gasteiger partial charge in [0.25, 0.3) is 0 Å². The van der Waals surface area contributed by atoms with E-state index in [-0.39, 0.29) is 5.78 Å². The summed E-state index contributed by atoms with van der Waals surface area (Å²) >= 11 is 0. The number of rotatable bonds is 5. The van der Waals surface area contributed by atoms with Gasteiger partial charge in [-0.3, -0.25) is 4.79 Å². The van der Waals surface area contributed by atoms with Gasteiger partial charge in [-0.25, -0.2) is 9.97 Å². The van der Waals surface area contributed by atoms with E-state index in [4.69, 9.17) is 14.7 Å². The Morgan fingerprint density at radius 1 is 0.938 bits per heavy atom. The number of ketones is 1. The van der Waals surface area contributed by atoms with Gasteiger partial charge in [0.1, 0.15) is 17.4 Å². The van der Waals surface area contributed by atoms with E-state index in [1.165, 1.54) is 0 Å². The number of hydrogen-bond donors (Lipinski definition) is 1. The standard InChI is InChI=1S/C24H26N6O2/c1-32-18-10-8-17(9-11-18)26-23-22-19(5-4-6-20(22)31)27-24(28-23)30-15-13-29(14-16-30)21-7-2-3-12-25-21/h2-3,7-12H,4-6,13-16H2,1H3,(H,26,27,28). The van der Waals surface area contributed by atoms with Gasteiger partial charge in [-0.05, 0) is 49.2 Å². The maximum absolute atomic E-state index is 12.7. The molecule has 1 saturated heterocycles. The van der Waals surface area contributed by atoms with E-state index in [2.05, 4.69) is 20.1 Å². The van der Waals surface area contributed by atoms with Gasteiger partial charge in [-0.15, -0.1) is 0 Å². The molecular formula is C24H26N6O2. The van der Waals surface area contributed by atoms with Crippen molar-refractivity contribution in [3.8, 4) is 5.75 Å². The predicted molar refractivity (Wildman–Crippen MR) is 124 cm³/mol. The fourth-order valence-electron chi connectivity index (χ4n) is 4.23. The Kier molecular flexibility index (Phi) is 5.58. The van der Waals surface area contributed by atoms with Crippen molar-refractivity contribution in [3.05, 3.63) is 59.9 Å². The minimum atomic E-state index is 0.105. The van der Waals surface area contributed by atoms with Crippen LogP contribution in [0.5, 0.6) is 5.75 Å². The topological polar surface area (TPSA) is 83.5 Å². The van der Waals surface area contributed by atoms with Crippen LogP contribution in [-0.4, -0.2) is 54.0 Å². The van der Waals surface area contributed by atoms with Crippen LogP contribution in [0.3, 0.4) is 0 Å². The van der Waals surface area contributed by atoms with Crippen molar-refractivity contribution in [1.29, 1.82) is 0 Å². The predicted octanol–water partition coefficient (Wildman–Crippen LogP) is 3.47. The van der Waals surface area contributed by atoms with E-state index >= 15 is 0 Å². The van der Waals surface area contributed by atoms with Crippen LogP contribution in [0.2, 0.25) is 0 Å². The lowest BCUT2D eigenvalue weighted by atomic mass is 9.95. The zero-order chi connectivity index (χ0) is 21.9. The average molecular weight is 431 g/mol. The van der Waals surface area contributed by atoms with Crippen molar-refractivity contribution in [3.63, 3.8) is 0 Å². The van der Waals surface area contributed by atoms with Crippen LogP contribution in [0.25, 0.3) is 0 Å². The third-order valence-corrected chi connectivity index (χ3v) is 5.96. The minimum Gasteiger partial charge on any atom is -0.497 e. The van der Waals surface area contributed by atoms with Crippen molar-refractivity contribution in [2.45, 2.75) is 19.3 Å². The molecule has 1 aromatic carbocycles. The van der Waals surface area contributed by atoms with Gasteiger partial charge in [0.05, 0.1) is 18.4 Å². The highest BCUT2D eigenvalue weighted by atomic mass is 16.5. The first kappa shape index (κ1) is 20.2. The summed E-state index contributed by atoms with van der Waals surface area (Å²) in [6, 6.07) is 13.6. The molecule has 3 aromatic rings. The summed E-state index contributed by atoms with van der Waals surface area (Å²) in [6.45, 7) is 3.28. The number of carbonyl (C=O) groups is 1. The number of hydrogen-bond acceptors (Lipinski definition) is 8. The van der Waals surface area contributed by atoms with Gasteiger partial charge in [0.2, 0.25) is 5.95 Å². The largest absolute Gasteiger partial charge is 0.497 e. The fraction of sp³-hybridized carbons (Fsp3) is 0.333. The Bertz CT molecular complexity index is 1100. The van der Waals surface area contributed by atoms with E-state index < -0.39 is 0 Å². The second kappa shape index (κ2) is 8.82. The van der Waals surface area contributed by atoms with Crippen molar-refractivity contribution in [2.75, 3.05) is 48.4 Å². The maximum atomic E-state index is 12.7. The highest BCUT2D eigenvalue weighted by molar-refractivity contribution is 6.03. The molecule has 1 fully saturated rings. The summed E-state index contributed by atoms with van der Waals surface area (Å²) in [5.41, 5.74) is 2.33. The lowest BCUT2D eigenvalue weighted by Crippen LogP contribution is -2.47. The van der Waals surface area contributed by atoms with Crippen LogP contribution in [-0.2, 0) is 6.42 Å². The van der Waals surface area contributed by atoms with E-state index in [1.807, 2.05) is 48.7 Å². The molecule has 1 N–H and O–H groups in total. The van der Waals surface area contributed by atoms with Crippen LogP contribution in [0.15, 0.2) is 48.7 Å². The Hall–Kier alpha value is -3.68. The molecule has 2 aliphatic rings. The van der Waals surface area contributed by atoms with Crippen LogP contribution < -0.4 is 19.9 Å². The molecule has 0 saturated carbocycles. The molecule has 2 aromatic heterocycles. The number of aromatic nitrogens is 3. The first-order valence-electron chi connectivity index (χ1n) is 11.0. The number of nitrogens with one attached hydrogen (secondary N) is 1. The molecular weight excluding hydrogens is 404 g/mol. The number of methoxy groups -OCH3 is 1. The van der Waals surface area contributed by atoms with Crippen molar-refractivity contribution in [2.24, 2.45) is 0 Å². The monoisotopic (exact) mass is 430 g/mol. The number of carbonyl (C=O) groups excluding carboxylic acids is 1. The first-order chi connectivity index (χ1) is 15.7. The Balaban J connectivity index is 1.41. The third kappa shape index (κ3) is 4.08. The highest BCUT2D eigenvalue weighted by Gasteiger charge is 2.27. The van der Waals surface area contributed by atoms with E-state index in [1.54, 1.807) is 7.11 Å². The van der Waals surface area contributed by atoms with E-state index in [9.17, 15) is 4.79 Å². The van der Waals surface area contributed by atoms with Crippen molar-refractivity contribution >= 4 is 29.1 Å². The van der Waals surface area contributed by atoms with Gasteiger partial charge in [-0.1, -0.05) is 6.07 Å². The molecule has 0 spiro atoms. The van der Waals surface area contributed by atoms with Crippen LogP contribution in [0, 0.1) is 0 Å². The summed E-state index contributed by atoms with van der Waals surface area (Å²) < 4.78 is 5.24. The molecule has 0 unspecified atom stereocenters. The molecule has 0 amide bonds. The third-order valence-electron chi connectivity index (χ3n) is 5.96. The molecule has 3 heterocycles. The number of pyridine rings is 1. The maximum Gasteiger partial charge on any atom is 0.227 e. The molecule has 5 rings (SSSR count). The normalized spacial score (nSPS) is 16.0. The van der Waals surface area contributed by atoms with Gasteiger partial charge in [0.15, 0.2) is 5.78 Å². The number of piperazine rings is 1. The van der Waals surface area contributed by atoms with Crippen LogP contribution in [0.1, 0.15) is 28.9 Å². The molecule has 8 heteroatoms. The number of anilines is 4. The fourth-order valence-corrected chi connectivity index (χ4v) is 4.23. The van der Waals surface area contributed by atoms with Crippen molar-refractivity contribution < 1.29 is 9.53 Å². The first-order valence-corrected chi connectivity index (χ1v) is 11.0. The lowest BCUT2D eigenvalue weighted by molar-refractivity contribution is 0.0972. The summed E-state index contributed by atoms with van der Waals surface area (Å²) in [6.07, 6.45) is 3.98. The number of fused-ring (bicyclic) bond motifs is 1. The quantitative estimate of drug-likeness (QED) is 0.659. The molecule has 0 atom stereocenters. The Labute approximate surface area is 187 Å². The summed E-state index contributed by atoms with van der Waals surface area (Å²) in [7, 11) is 1.64. The molecule has 0 bridgehead atoms. The summed E-state index contributed by atoms with van der Waals surface area (Å²) in [5.74, 6) is 3.14. The Morgan fingerprint density at radius 3 is 2.44 bits per heavy atom. The number of nitrogens with zero attached hydrogens (tertiary/aromatic N) is 5.